The lowest BCUT2D eigenvalue weighted by molar-refractivity contribution is -0.131. The van der Waals surface area contributed by atoms with Gasteiger partial charge in [0.1, 0.15) is 11.5 Å². The molecule has 5 heterocycles. The third kappa shape index (κ3) is 6.75. The Hall–Kier alpha value is -5.57. The number of methoxy groups -OCH3 is 2. The summed E-state index contributed by atoms with van der Waals surface area (Å²) in [5, 5.41) is 8.33. The molecule has 0 spiro atoms. The lowest BCUT2D eigenvalue weighted by Gasteiger charge is -2.35. The molecule has 0 atom stereocenters. The molecule has 3 aromatic heterocycles. The number of pyridine rings is 1. The maximum Gasteiger partial charge on any atom is 0.270 e. The van der Waals surface area contributed by atoms with Gasteiger partial charge >= 0.3 is 0 Å². The molecule has 0 saturated carbocycles. The zero-order valence-corrected chi connectivity index (χ0v) is 29.1. The maximum atomic E-state index is 16.7. The van der Waals surface area contributed by atoms with Crippen molar-refractivity contribution >= 4 is 45.7 Å². The highest BCUT2D eigenvalue weighted by Gasteiger charge is 2.29. The van der Waals surface area contributed by atoms with Gasteiger partial charge in [-0.05, 0) is 35.8 Å². The van der Waals surface area contributed by atoms with E-state index in [1.54, 1.807) is 26.7 Å². The molecular weight excluding hydrogens is 701 g/mol. The van der Waals surface area contributed by atoms with Gasteiger partial charge in [-0.15, -0.1) is 5.10 Å². The standard InChI is InChI=1S/C36H34ClF3N8O4/c1-51-30-14-22(37)19-41-35(30)45-10-12-46(13-11-45)36(50)29-18-26-25(27-15-23(38)16-28(39)34(27)52-2)17-24(32(40)33(26)43-29)21-4-3-7-47(20-21)31(49)5-8-48-9-6-42-44-48/h4,6,9,14-19,43H,3,5,7-8,10-13,20H2,1-2H3. The van der Waals surface area contributed by atoms with E-state index in [0.29, 0.717) is 73.9 Å². The Morgan fingerprint density at radius 2 is 1.75 bits per heavy atom. The third-order valence-electron chi connectivity index (χ3n) is 9.35. The fourth-order valence-corrected chi connectivity index (χ4v) is 6.91. The second-order valence-corrected chi connectivity index (χ2v) is 12.9. The van der Waals surface area contributed by atoms with Gasteiger partial charge in [-0.2, -0.15) is 0 Å². The number of fused-ring (bicyclic) bond motifs is 1. The zero-order valence-electron chi connectivity index (χ0n) is 28.3. The second-order valence-electron chi connectivity index (χ2n) is 12.4. The SMILES string of the molecule is COc1cc(Cl)cnc1N1CCN(C(=O)c2cc3c(-c4cc(F)cc(F)c4OC)cc(C4=CCCN(C(=O)CCn5ccnn5)C4)c(F)c3[nH]2)CC1. The minimum Gasteiger partial charge on any atom is -0.493 e. The highest BCUT2D eigenvalue weighted by atomic mass is 35.5. The molecule has 2 aromatic carbocycles. The van der Waals surface area contributed by atoms with Crippen molar-refractivity contribution in [3.8, 4) is 22.6 Å². The summed E-state index contributed by atoms with van der Waals surface area (Å²) in [6.07, 6.45) is 7.20. The van der Waals surface area contributed by atoms with Gasteiger partial charge in [-0.1, -0.05) is 22.9 Å². The quantitative estimate of drug-likeness (QED) is 0.209. The van der Waals surface area contributed by atoms with E-state index < -0.39 is 17.5 Å². The Morgan fingerprint density at radius 1 is 0.942 bits per heavy atom. The number of carbonyl (C=O) groups excluding carboxylic acids is 2. The van der Waals surface area contributed by atoms with Crippen molar-refractivity contribution < 1.29 is 32.2 Å². The molecule has 2 amide bonds. The predicted molar refractivity (Wildman–Crippen MR) is 188 cm³/mol. The van der Waals surface area contributed by atoms with Crippen LogP contribution in [-0.2, 0) is 11.3 Å². The van der Waals surface area contributed by atoms with E-state index in [2.05, 4.69) is 20.3 Å². The Bertz CT molecular complexity index is 2180. The van der Waals surface area contributed by atoms with Crippen LogP contribution >= 0.6 is 11.6 Å². The third-order valence-corrected chi connectivity index (χ3v) is 9.55. The van der Waals surface area contributed by atoms with Crippen LogP contribution in [-0.4, -0.2) is 100 Å². The molecule has 1 fully saturated rings. The van der Waals surface area contributed by atoms with Crippen LogP contribution < -0.4 is 14.4 Å². The molecule has 0 radical (unpaired) electrons. The number of ether oxygens (including phenoxy) is 2. The van der Waals surface area contributed by atoms with Crippen LogP contribution in [0.15, 0.2) is 55.0 Å². The second kappa shape index (κ2) is 14.6. The topological polar surface area (TPSA) is 122 Å². The largest absolute Gasteiger partial charge is 0.493 e. The summed E-state index contributed by atoms with van der Waals surface area (Å²) in [4.78, 5) is 39.7. The van der Waals surface area contributed by atoms with Gasteiger partial charge < -0.3 is 29.2 Å². The molecule has 16 heteroatoms. The number of aryl methyl sites for hydroxylation is 1. The van der Waals surface area contributed by atoms with Gasteiger partial charge in [0.15, 0.2) is 29.0 Å². The van der Waals surface area contributed by atoms with Crippen LogP contribution in [0.1, 0.15) is 28.9 Å². The number of hydrogen-bond acceptors (Lipinski definition) is 8. The van der Waals surface area contributed by atoms with Crippen molar-refractivity contribution in [2.24, 2.45) is 0 Å². The number of aromatic amines is 1. The van der Waals surface area contributed by atoms with Crippen molar-refractivity contribution in [1.29, 1.82) is 0 Å². The van der Waals surface area contributed by atoms with Crippen molar-refractivity contribution in [3.63, 3.8) is 0 Å². The van der Waals surface area contributed by atoms with Crippen LogP contribution in [0.25, 0.3) is 27.6 Å². The summed E-state index contributed by atoms with van der Waals surface area (Å²) in [6, 6.07) is 6.48. The molecular formula is C36H34ClF3N8O4. The zero-order chi connectivity index (χ0) is 36.5. The normalized spacial score (nSPS) is 14.9. The van der Waals surface area contributed by atoms with Crippen molar-refractivity contribution in [1.82, 2.24) is 34.8 Å². The number of halogens is 4. The fourth-order valence-electron chi connectivity index (χ4n) is 6.76. The van der Waals surface area contributed by atoms with Crippen molar-refractivity contribution in [3.05, 3.63) is 88.7 Å². The summed E-state index contributed by atoms with van der Waals surface area (Å²) >= 11 is 6.08. The van der Waals surface area contributed by atoms with Gasteiger partial charge in [0, 0.05) is 86.7 Å². The fraction of sp³-hybridized carbons (Fsp3) is 0.306. The van der Waals surface area contributed by atoms with Gasteiger partial charge in [-0.3, -0.25) is 14.3 Å². The number of benzene rings is 2. The smallest absolute Gasteiger partial charge is 0.270 e. The van der Waals surface area contributed by atoms with Crippen LogP contribution in [0.3, 0.4) is 0 Å². The van der Waals surface area contributed by atoms with Crippen molar-refractivity contribution in [2.75, 3.05) is 58.4 Å². The van der Waals surface area contributed by atoms with E-state index in [0.717, 1.165) is 6.07 Å². The Morgan fingerprint density at radius 3 is 2.48 bits per heavy atom. The van der Waals surface area contributed by atoms with Crippen LogP contribution in [0, 0.1) is 17.5 Å². The van der Waals surface area contributed by atoms with Crippen LogP contribution in [0.2, 0.25) is 5.02 Å². The molecule has 2 aliphatic heterocycles. The minimum atomic E-state index is -0.936. The summed E-state index contributed by atoms with van der Waals surface area (Å²) < 4.78 is 58.8. The summed E-state index contributed by atoms with van der Waals surface area (Å²) in [6.45, 7) is 2.44. The molecule has 5 aromatic rings. The first-order valence-corrected chi connectivity index (χ1v) is 17.0. The van der Waals surface area contributed by atoms with Crippen molar-refractivity contribution in [2.45, 2.75) is 19.4 Å². The summed E-state index contributed by atoms with van der Waals surface area (Å²) in [7, 11) is 2.79. The van der Waals surface area contributed by atoms with Gasteiger partial charge in [-0.25, -0.2) is 18.2 Å². The van der Waals surface area contributed by atoms with E-state index in [-0.39, 0.29) is 63.8 Å². The van der Waals surface area contributed by atoms with E-state index in [1.165, 1.54) is 38.7 Å². The predicted octanol–water partition coefficient (Wildman–Crippen LogP) is 5.58. The number of H-pyrrole nitrogens is 1. The molecule has 1 N–H and O–H groups in total. The number of nitrogens with one attached hydrogen (secondary N) is 1. The molecule has 0 unspecified atom stereocenters. The number of aromatic nitrogens is 5. The number of amides is 2. The Kier molecular flexibility index (Phi) is 9.77. The van der Waals surface area contributed by atoms with Gasteiger partial charge in [0.2, 0.25) is 5.91 Å². The van der Waals surface area contributed by atoms with Crippen LogP contribution in [0.5, 0.6) is 11.5 Å². The first-order chi connectivity index (χ1) is 25.1. The number of hydrogen-bond donors (Lipinski definition) is 1. The van der Waals surface area contributed by atoms with Gasteiger partial charge in [0.05, 0.1) is 37.5 Å². The molecule has 12 nitrogen and oxygen atoms in total. The monoisotopic (exact) mass is 734 g/mol. The number of rotatable bonds is 9. The molecule has 2 aliphatic rings. The highest BCUT2D eigenvalue weighted by molar-refractivity contribution is 6.30. The molecule has 7 rings (SSSR count). The van der Waals surface area contributed by atoms with E-state index in [1.807, 2.05) is 11.0 Å². The van der Waals surface area contributed by atoms with Gasteiger partial charge in [0.25, 0.3) is 5.91 Å². The minimum absolute atomic E-state index is 0.0214. The summed E-state index contributed by atoms with van der Waals surface area (Å²) in [5.74, 6) is -2.10. The van der Waals surface area contributed by atoms with E-state index in [9.17, 15) is 14.0 Å². The van der Waals surface area contributed by atoms with E-state index >= 15 is 8.78 Å². The molecule has 0 aliphatic carbocycles. The maximum absolute atomic E-state index is 16.7. The molecule has 0 bridgehead atoms. The number of carbonyl (C=O) groups is 2. The van der Waals surface area contributed by atoms with Crippen LogP contribution in [0.4, 0.5) is 19.0 Å². The average Bonchev–Trinajstić information content (AvgIpc) is 3.85. The lowest BCUT2D eigenvalue weighted by Crippen LogP contribution is -2.49. The number of nitrogens with zero attached hydrogens (tertiary/aromatic N) is 7. The highest BCUT2D eigenvalue weighted by Crippen LogP contribution is 2.42. The Balaban J connectivity index is 1.22. The molecule has 1 saturated heterocycles. The average molecular weight is 735 g/mol. The first kappa shape index (κ1) is 34.9. The van der Waals surface area contributed by atoms with E-state index in [4.69, 9.17) is 21.1 Å². The summed E-state index contributed by atoms with van der Waals surface area (Å²) in [5.41, 5.74) is 1.01. The lowest BCUT2D eigenvalue weighted by atomic mass is 9.92. The molecule has 270 valence electrons. The first-order valence-electron chi connectivity index (χ1n) is 16.6. The number of piperazine rings is 1. The Labute approximate surface area is 301 Å². The number of anilines is 1. The molecule has 52 heavy (non-hydrogen) atoms.